The molecule has 2 aromatic carbocycles. The third-order valence-corrected chi connectivity index (χ3v) is 6.57. The number of piperidine rings is 1. The van der Waals surface area contributed by atoms with Crippen LogP contribution < -0.4 is 10.6 Å². The van der Waals surface area contributed by atoms with Crippen molar-refractivity contribution in [2.75, 3.05) is 18.4 Å². The average molecular weight is 438 g/mol. The first-order chi connectivity index (χ1) is 15.6. The Balaban J connectivity index is 1.36. The first kappa shape index (κ1) is 22.5. The number of hydrogen-bond donors (Lipinski definition) is 2. The summed E-state index contributed by atoms with van der Waals surface area (Å²) in [6.45, 7) is 2.27. The molecular formula is C26H32FN3O2. The van der Waals surface area contributed by atoms with Crippen LogP contribution in [0.15, 0.2) is 48.5 Å². The minimum atomic E-state index is -0.240. The molecular weight excluding hydrogens is 405 g/mol. The van der Waals surface area contributed by atoms with E-state index in [2.05, 4.69) is 15.5 Å². The van der Waals surface area contributed by atoms with Gasteiger partial charge in [-0.2, -0.15) is 0 Å². The van der Waals surface area contributed by atoms with Crippen LogP contribution in [0, 0.1) is 11.7 Å². The normalized spacial score (nSPS) is 20.0. The number of nitrogens with one attached hydrogen (secondary N) is 2. The van der Waals surface area contributed by atoms with Crippen LogP contribution in [0.4, 0.5) is 10.1 Å². The van der Waals surface area contributed by atoms with Crippen LogP contribution in [0.1, 0.15) is 60.9 Å². The molecule has 0 bridgehead atoms. The summed E-state index contributed by atoms with van der Waals surface area (Å²) in [7, 11) is 0. The molecule has 1 saturated carbocycles. The largest absolute Gasteiger partial charge is 0.349 e. The van der Waals surface area contributed by atoms with E-state index in [1.807, 2.05) is 12.1 Å². The molecule has 1 atom stereocenters. The number of para-hydroxylation sites is 1. The van der Waals surface area contributed by atoms with E-state index in [9.17, 15) is 14.0 Å². The van der Waals surface area contributed by atoms with Crippen molar-refractivity contribution in [2.45, 2.75) is 57.5 Å². The lowest BCUT2D eigenvalue weighted by Crippen LogP contribution is -2.40. The predicted octanol–water partition coefficient (Wildman–Crippen LogP) is 4.74. The second kappa shape index (κ2) is 10.7. The summed E-state index contributed by atoms with van der Waals surface area (Å²) in [4.78, 5) is 28.2. The molecule has 170 valence electrons. The highest BCUT2D eigenvalue weighted by Crippen LogP contribution is 2.23. The Labute approximate surface area is 189 Å². The summed E-state index contributed by atoms with van der Waals surface area (Å²) in [5.74, 6) is -0.546. The maximum Gasteiger partial charge on any atom is 0.253 e. The monoisotopic (exact) mass is 437 g/mol. The molecule has 1 saturated heterocycles. The van der Waals surface area contributed by atoms with Gasteiger partial charge in [-0.1, -0.05) is 43.5 Å². The molecule has 0 aromatic heterocycles. The van der Waals surface area contributed by atoms with Crippen molar-refractivity contribution in [3.8, 4) is 0 Å². The number of amides is 2. The van der Waals surface area contributed by atoms with Crippen LogP contribution in [-0.4, -0.2) is 35.8 Å². The lowest BCUT2D eigenvalue weighted by molar-refractivity contribution is -0.121. The van der Waals surface area contributed by atoms with Crippen LogP contribution in [0.2, 0.25) is 0 Å². The van der Waals surface area contributed by atoms with Gasteiger partial charge in [-0.25, -0.2) is 4.39 Å². The molecule has 32 heavy (non-hydrogen) atoms. The molecule has 4 rings (SSSR count). The highest BCUT2D eigenvalue weighted by atomic mass is 19.1. The maximum atomic E-state index is 13.2. The minimum absolute atomic E-state index is 0.0493. The molecule has 1 aliphatic heterocycles. The summed E-state index contributed by atoms with van der Waals surface area (Å²) in [5, 5.41) is 6.16. The first-order valence-electron chi connectivity index (χ1n) is 11.8. The third-order valence-electron chi connectivity index (χ3n) is 6.57. The highest BCUT2D eigenvalue weighted by molar-refractivity contribution is 6.04. The summed E-state index contributed by atoms with van der Waals surface area (Å²) in [5.41, 5.74) is 2.13. The quantitative estimate of drug-likeness (QED) is 0.686. The van der Waals surface area contributed by atoms with E-state index in [1.54, 1.807) is 24.3 Å². The smallest absolute Gasteiger partial charge is 0.253 e. The number of benzene rings is 2. The van der Waals surface area contributed by atoms with E-state index in [0.29, 0.717) is 24.3 Å². The standard InChI is InChI=1S/C26H32FN3O2/c27-21-14-12-19(13-15-21)17-30-16-6-7-20(18-30)25(31)29-24-11-5-4-10-23(24)26(32)28-22-8-2-1-3-9-22/h4-5,10-15,20,22H,1-3,6-9,16-18H2,(H,28,32)(H,29,31)/t20-/m1/s1. The number of hydrogen-bond acceptors (Lipinski definition) is 3. The lowest BCUT2D eigenvalue weighted by Gasteiger charge is -2.32. The molecule has 2 fully saturated rings. The molecule has 5 nitrogen and oxygen atoms in total. The van der Waals surface area contributed by atoms with Crippen LogP contribution in [-0.2, 0) is 11.3 Å². The van der Waals surface area contributed by atoms with E-state index < -0.39 is 0 Å². The van der Waals surface area contributed by atoms with Gasteiger partial charge in [0.25, 0.3) is 5.91 Å². The van der Waals surface area contributed by atoms with Crippen molar-refractivity contribution in [1.29, 1.82) is 0 Å². The van der Waals surface area contributed by atoms with E-state index in [0.717, 1.165) is 50.6 Å². The molecule has 2 N–H and O–H groups in total. The van der Waals surface area contributed by atoms with Crippen LogP contribution >= 0.6 is 0 Å². The zero-order valence-electron chi connectivity index (χ0n) is 18.5. The second-order valence-corrected chi connectivity index (χ2v) is 9.04. The number of likely N-dealkylation sites (tertiary alicyclic amines) is 1. The Morgan fingerprint density at radius 1 is 0.938 bits per heavy atom. The maximum absolute atomic E-state index is 13.2. The molecule has 1 heterocycles. The van der Waals surface area contributed by atoms with E-state index in [1.165, 1.54) is 18.6 Å². The number of carbonyl (C=O) groups excluding carboxylic acids is 2. The molecule has 1 aliphatic carbocycles. The molecule has 6 heteroatoms. The van der Waals surface area contributed by atoms with Gasteiger partial charge in [0, 0.05) is 19.1 Å². The van der Waals surface area contributed by atoms with Crippen molar-refractivity contribution < 1.29 is 14.0 Å². The van der Waals surface area contributed by atoms with Gasteiger partial charge in [0.2, 0.25) is 5.91 Å². The summed E-state index contributed by atoms with van der Waals surface area (Å²) < 4.78 is 13.2. The molecule has 0 radical (unpaired) electrons. The zero-order chi connectivity index (χ0) is 22.3. The molecule has 0 spiro atoms. The highest BCUT2D eigenvalue weighted by Gasteiger charge is 2.27. The zero-order valence-corrected chi connectivity index (χ0v) is 18.5. The SMILES string of the molecule is O=C(NC1CCCCC1)c1ccccc1NC(=O)[C@@H]1CCCN(Cc2ccc(F)cc2)C1. The fourth-order valence-electron chi connectivity index (χ4n) is 4.80. The Hall–Kier alpha value is -2.73. The van der Waals surface area contributed by atoms with Gasteiger partial charge in [0.15, 0.2) is 0 Å². The van der Waals surface area contributed by atoms with E-state index in [4.69, 9.17) is 0 Å². The summed E-state index contributed by atoms with van der Waals surface area (Å²) in [6.07, 6.45) is 7.33. The molecule has 2 aromatic rings. The van der Waals surface area contributed by atoms with E-state index in [-0.39, 0.29) is 29.6 Å². The van der Waals surface area contributed by atoms with Gasteiger partial charge < -0.3 is 10.6 Å². The first-order valence-corrected chi connectivity index (χ1v) is 11.8. The topological polar surface area (TPSA) is 61.4 Å². The van der Waals surface area contributed by atoms with E-state index >= 15 is 0 Å². The Kier molecular flexibility index (Phi) is 7.53. The number of anilines is 1. The molecule has 0 unspecified atom stereocenters. The van der Waals surface area contributed by atoms with Crippen molar-refractivity contribution in [3.63, 3.8) is 0 Å². The van der Waals surface area contributed by atoms with Crippen molar-refractivity contribution in [2.24, 2.45) is 5.92 Å². The van der Waals surface area contributed by atoms with Gasteiger partial charge in [-0.05, 0) is 62.1 Å². The Morgan fingerprint density at radius 3 is 2.47 bits per heavy atom. The second-order valence-electron chi connectivity index (χ2n) is 9.04. The van der Waals surface area contributed by atoms with Gasteiger partial charge in [-0.15, -0.1) is 0 Å². The van der Waals surface area contributed by atoms with Crippen molar-refractivity contribution in [1.82, 2.24) is 10.2 Å². The summed E-state index contributed by atoms with van der Waals surface area (Å²) in [6, 6.07) is 14.0. The fourth-order valence-corrected chi connectivity index (χ4v) is 4.80. The number of halogens is 1. The minimum Gasteiger partial charge on any atom is -0.349 e. The van der Waals surface area contributed by atoms with Gasteiger partial charge in [-0.3, -0.25) is 14.5 Å². The van der Waals surface area contributed by atoms with Crippen molar-refractivity contribution in [3.05, 3.63) is 65.5 Å². The number of carbonyl (C=O) groups is 2. The number of nitrogens with zero attached hydrogens (tertiary/aromatic N) is 1. The van der Waals surface area contributed by atoms with Crippen molar-refractivity contribution >= 4 is 17.5 Å². The Bertz CT molecular complexity index is 925. The van der Waals surface area contributed by atoms with Crippen LogP contribution in [0.3, 0.4) is 0 Å². The van der Waals surface area contributed by atoms with Crippen LogP contribution in [0.25, 0.3) is 0 Å². The van der Waals surface area contributed by atoms with Gasteiger partial charge >= 0.3 is 0 Å². The van der Waals surface area contributed by atoms with Gasteiger partial charge in [0.1, 0.15) is 5.82 Å². The average Bonchev–Trinajstić information content (AvgIpc) is 2.82. The Morgan fingerprint density at radius 2 is 1.69 bits per heavy atom. The fraction of sp³-hybridized carbons (Fsp3) is 0.462. The number of rotatable bonds is 6. The van der Waals surface area contributed by atoms with Gasteiger partial charge in [0.05, 0.1) is 17.2 Å². The van der Waals surface area contributed by atoms with Crippen LogP contribution in [0.5, 0.6) is 0 Å². The summed E-state index contributed by atoms with van der Waals surface area (Å²) >= 11 is 0. The lowest BCUT2D eigenvalue weighted by atomic mass is 9.95. The molecule has 2 amide bonds. The predicted molar refractivity (Wildman–Crippen MR) is 124 cm³/mol. The third kappa shape index (κ3) is 5.94. The molecule has 2 aliphatic rings.